The lowest BCUT2D eigenvalue weighted by Crippen LogP contribution is -2.08. The molecule has 1 amide bonds. The van der Waals surface area contributed by atoms with Gasteiger partial charge in [0, 0.05) is 11.8 Å². The summed E-state index contributed by atoms with van der Waals surface area (Å²) in [4.78, 5) is 12.0. The first kappa shape index (κ1) is 20.2. The minimum Gasteiger partial charge on any atom is -0.493 e. The molecule has 0 radical (unpaired) electrons. The smallest absolute Gasteiger partial charge is 0.387 e. The molecule has 7 heteroatoms. The van der Waals surface area contributed by atoms with E-state index in [9.17, 15) is 13.6 Å². The van der Waals surface area contributed by atoms with Gasteiger partial charge in [-0.3, -0.25) is 4.79 Å². The number of hydrogen-bond acceptors (Lipinski definition) is 4. The first-order chi connectivity index (χ1) is 13.0. The van der Waals surface area contributed by atoms with Gasteiger partial charge in [0.05, 0.1) is 13.7 Å². The summed E-state index contributed by atoms with van der Waals surface area (Å²) in [5.74, 6) is 0.895. The second-order valence-electron chi connectivity index (χ2n) is 5.48. The van der Waals surface area contributed by atoms with Crippen molar-refractivity contribution in [2.45, 2.75) is 20.0 Å². The predicted molar refractivity (Wildman–Crippen MR) is 99.5 cm³/mol. The van der Waals surface area contributed by atoms with Crippen LogP contribution < -0.4 is 19.5 Å². The Hall–Kier alpha value is -3.09. The third-order valence-corrected chi connectivity index (χ3v) is 3.42. The molecule has 1 N–H and O–H groups in total. The number of carbonyl (C=O) groups excluding carboxylic acids is 1. The van der Waals surface area contributed by atoms with Crippen molar-refractivity contribution < 1.29 is 27.8 Å². The number of ether oxygens (including phenoxy) is 3. The van der Waals surface area contributed by atoms with Gasteiger partial charge in [-0.05, 0) is 54.5 Å². The Kier molecular flexibility index (Phi) is 7.61. The van der Waals surface area contributed by atoms with E-state index in [1.807, 2.05) is 13.0 Å². The van der Waals surface area contributed by atoms with Crippen molar-refractivity contribution in [3.63, 3.8) is 0 Å². The zero-order valence-corrected chi connectivity index (χ0v) is 15.1. The molecule has 0 aliphatic carbocycles. The molecule has 144 valence electrons. The van der Waals surface area contributed by atoms with Crippen LogP contribution in [-0.2, 0) is 4.79 Å². The van der Waals surface area contributed by atoms with Gasteiger partial charge in [-0.1, -0.05) is 13.0 Å². The lowest BCUT2D eigenvalue weighted by Gasteiger charge is -2.10. The summed E-state index contributed by atoms with van der Waals surface area (Å²) in [5.41, 5.74) is 1.23. The van der Waals surface area contributed by atoms with Crippen LogP contribution in [0.15, 0.2) is 48.5 Å². The van der Waals surface area contributed by atoms with E-state index in [-0.39, 0.29) is 11.7 Å². The number of benzene rings is 2. The highest BCUT2D eigenvalue weighted by Gasteiger charge is 2.06. The summed E-state index contributed by atoms with van der Waals surface area (Å²) in [6.45, 7) is -0.277. The number of amides is 1. The van der Waals surface area contributed by atoms with Crippen LogP contribution in [0.2, 0.25) is 0 Å². The molecule has 0 atom stereocenters. The molecule has 2 aromatic rings. The Balaban J connectivity index is 1.97. The second kappa shape index (κ2) is 10.2. The average Bonchev–Trinajstić information content (AvgIpc) is 2.66. The Morgan fingerprint density at radius 3 is 2.52 bits per heavy atom. The first-order valence-electron chi connectivity index (χ1n) is 8.36. The monoisotopic (exact) mass is 377 g/mol. The largest absolute Gasteiger partial charge is 0.493 e. The Morgan fingerprint density at radius 1 is 1.15 bits per heavy atom. The maximum absolute atomic E-state index is 12.1. The van der Waals surface area contributed by atoms with E-state index in [0.717, 1.165) is 12.0 Å². The molecule has 0 bridgehead atoms. The van der Waals surface area contributed by atoms with E-state index in [1.165, 1.54) is 30.3 Å². The van der Waals surface area contributed by atoms with E-state index < -0.39 is 6.61 Å². The average molecular weight is 377 g/mol. The van der Waals surface area contributed by atoms with Crippen LogP contribution in [0.25, 0.3) is 6.08 Å². The zero-order valence-electron chi connectivity index (χ0n) is 15.1. The Bertz CT molecular complexity index is 776. The number of halogens is 2. The molecule has 0 saturated heterocycles. The van der Waals surface area contributed by atoms with Crippen LogP contribution in [0.5, 0.6) is 17.2 Å². The molecule has 27 heavy (non-hydrogen) atoms. The molecule has 2 aromatic carbocycles. The molecule has 5 nitrogen and oxygen atoms in total. The second-order valence-corrected chi connectivity index (χ2v) is 5.48. The molecule has 0 aliphatic rings. The fraction of sp³-hybridized carbons (Fsp3) is 0.250. The molecule has 0 fully saturated rings. The molecular formula is C20H21F2NO4. The number of hydrogen-bond donors (Lipinski definition) is 1. The van der Waals surface area contributed by atoms with Crippen molar-refractivity contribution in [3.05, 3.63) is 54.1 Å². The first-order valence-corrected chi connectivity index (χ1v) is 8.36. The summed E-state index contributed by atoms with van der Waals surface area (Å²) >= 11 is 0. The summed E-state index contributed by atoms with van der Waals surface area (Å²) in [6, 6.07) is 11.0. The summed E-state index contributed by atoms with van der Waals surface area (Å²) in [7, 11) is 1.55. The summed E-state index contributed by atoms with van der Waals surface area (Å²) < 4.78 is 39.4. The van der Waals surface area contributed by atoms with E-state index in [4.69, 9.17) is 9.47 Å². The van der Waals surface area contributed by atoms with E-state index >= 15 is 0 Å². The molecule has 0 unspecified atom stereocenters. The van der Waals surface area contributed by atoms with Crippen LogP contribution in [0.3, 0.4) is 0 Å². The van der Waals surface area contributed by atoms with Crippen LogP contribution >= 0.6 is 0 Å². The molecule has 0 aliphatic heterocycles. The lowest BCUT2D eigenvalue weighted by atomic mass is 10.2. The predicted octanol–water partition coefficient (Wildman–Crippen LogP) is 4.74. The molecule has 0 saturated carbocycles. The number of carbonyl (C=O) groups is 1. The summed E-state index contributed by atoms with van der Waals surface area (Å²) in [5, 5.41) is 2.64. The third kappa shape index (κ3) is 6.62. The van der Waals surface area contributed by atoms with Crippen molar-refractivity contribution in [1.82, 2.24) is 0 Å². The van der Waals surface area contributed by atoms with Gasteiger partial charge in [-0.2, -0.15) is 8.78 Å². The van der Waals surface area contributed by atoms with Gasteiger partial charge < -0.3 is 19.5 Å². The molecule has 0 aromatic heterocycles. The highest BCUT2D eigenvalue weighted by Crippen LogP contribution is 2.28. The van der Waals surface area contributed by atoms with Crippen molar-refractivity contribution in [2.24, 2.45) is 0 Å². The minimum atomic E-state index is -2.89. The number of anilines is 1. The van der Waals surface area contributed by atoms with Gasteiger partial charge in [0.15, 0.2) is 11.5 Å². The molecule has 2 rings (SSSR count). The molecular weight excluding hydrogens is 356 g/mol. The van der Waals surface area contributed by atoms with Crippen LogP contribution in [0.1, 0.15) is 18.9 Å². The van der Waals surface area contributed by atoms with Gasteiger partial charge in [-0.15, -0.1) is 0 Å². The Labute approximate surface area is 156 Å². The number of rotatable bonds is 9. The maximum Gasteiger partial charge on any atom is 0.387 e. The van der Waals surface area contributed by atoms with Crippen molar-refractivity contribution in [3.8, 4) is 17.2 Å². The topological polar surface area (TPSA) is 56.8 Å². The quantitative estimate of drug-likeness (QED) is 0.642. The molecule has 0 heterocycles. The van der Waals surface area contributed by atoms with Crippen LogP contribution in [0.4, 0.5) is 14.5 Å². The third-order valence-electron chi connectivity index (χ3n) is 3.42. The van der Waals surface area contributed by atoms with E-state index in [1.54, 1.807) is 25.3 Å². The Morgan fingerprint density at radius 2 is 1.89 bits per heavy atom. The standard InChI is InChI=1S/C20H21F2NO4/c1-3-12-26-17-10-4-14(13-18(17)25-2)5-11-19(24)23-15-6-8-16(9-7-15)27-20(21)22/h4-11,13,20H,3,12H2,1-2H3,(H,23,24)/b11-5+. The maximum atomic E-state index is 12.1. The summed E-state index contributed by atoms with van der Waals surface area (Å²) in [6.07, 6.45) is 3.89. The van der Waals surface area contributed by atoms with Gasteiger partial charge in [-0.25, -0.2) is 0 Å². The number of methoxy groups -OCH3 is 1. The van der Waals surface area contributed by atoms with Gasteiger partial charge >= 0.3 is 6.61 Å². The zero-order chi connectivity index (χ0) is 19.6. The van der Waals surface area contributed by atoms with Crippen molar-refractivity contribution in [1.29, 1.82) is 0 Å². The molecule has 0 spiro atoms. The van der Waals surface area contributed by atoms with Crippen LogP contribution in [0, 0.1) is 0 Å². The fourth-order valence-corrected chi connectivity index (χ4v) is 2.19. The van der Waals surface area contributed by atoms with Gasteiger partial charge in [0.25, 0.3) is 0 Å². The number of alkyl halides is 2. The minimum absolute atomic E-state index is 0.0241. The van der Waals surface area contributed by atoms with Gasteiger partial charge in [0.1, 0.15) is 5.75 Å². The van der Waals surface area contributed by atoms with Gasteiger partial charge in [0.2, 0.25) is 5.91 Å². The lowest BCUT2D eigenvalue weighted by molar-refractivity contribution is -0.111. The normalized spacial score (nSPS) is 10.9. The highest BCUT2D eigenvalue weighted by molar-refractivity contribution is 6.01. The SMILES string of the molecule is CCCOc1ccc(/C=C/C(=O)Nc2ccc(OC(F)F)cc2)cc1OC. The highest BCUT2D eigenvalue weighted by atomic mass is 19.3. The van der Waals surface area contributed by atoms with E-state index in [2.05, 4.69) is 10.1 Å². The van der Waals surface area contributed by atoms with Crippen molar-refractivity contribution in [2.75, 3.05) is 19.0 Å². The fourth-order valence-electron chi connectivity index (χ4n) is 2.19. The number of nitrogens with one attached hydrogen (secondary N) is 1. The van der Waals surface area contributed by atoms with Crippen molar-refractivity contribution >= 4 is 17.7 Å². The van der Waals surface area contributed by atoms with Crippen LogP contribution in [-0.4, -0.2) is 26.2 Å². The van der Waals surface area contributed by atoms with E-state index in [0.29, 0.717) is 23.8 Å².